The molecule has 152 valence electrons. The van der Waals surface area contributed by atoms with Gasteiger partial charge >= 0.3 is 13.2 Å². The molecule has 0 atom stereocenters. The highest BCUT2D eigenvalue weighted by atomic mass is 19.3. The standard InChI is InChI=1S/C20H16F4N2O3/c1-2-12-3-6-15(7-4-12)26-18(27)14(11-25)9-13-5-8-16(28-19(21)22)10-17(13)29-20(23)24/h3-10,19-20H,2H2,1H3,(H,26,27)/b14-9+. The van der Waals surface area contributed by atoms with E-state index in [0.29, 0.717) is 5.69 Å². The summed E-state index contributed by atoms with van der Waals surface area (Å²) in [6.45, 7) is -4.43. The Kier molecular flexibility index (Phi) is 7.60. The Morgan fingerprint density at radius 3 is 2.31 bits per heavy atom. The molecular weight excluding hydrogens is 392 g/mol. The smallest absolute Gasteiger partial charge is 0.387 e. The lowest BCUT2D eigenvalue weighted by atomic mass is 10.1. The first-order chi connectivity index (χ1) is 13.8. The van der Waals surface area contributed by atoms with E-state index in [2.05, 4.69) is 14.8 Å². The summed E-state index contributed by atoms with van der Waals surface area (Å²) < 4.78 is 58.4. The summed E-state index contributed by atoms with van der Waals surface area (Å²) in [7, 11) is 0. The highest BCUT2D eigenvalue weighted by Gasteiger charge is 2.15. The van der Waals surface area contributed by atoms with Crippen molar-refractivity contribution in [3.05, 3.63) is 59.2 Å². The predicted molar refractivity (Wildman–Crippen MR) is 97.7 cm³/mol. The predicted octanol–water partition coefficient (Wildman–Crippen LogP) is 5.00. The Morgan fingerprint density at radius 1 is 1.10 bits per heavy atom. The lowest BCUT2D eigenvalue weighted by Gasteiger charge is -2.11. The Hall–Kier alpha value is -3.54. The molecule has 0 aliphatic rings. The van der Waals surface area contributed by atoms with Crippen LogP contribution in [0.1, 0.15) is 18.1 Å². The molecule has 0 aliphatic carbocycles. The van der Waals surface area contributed by atoms with Gasteiger partial charge in [0.2, 0.25) is 0 Å². The van der Waals surface area contributed by atoms with Gasteiger partial charge in [-0.1, -0.05) is 19.1 Å². The number of anilines is 1. The lowest BCUT2D eigenvalue weighted by molar-refractivity contribution is -0.112. The fourth-order valence-corrected chi connectivity index (χ4v) is 2.33. The van der Waals surface area contributed by atoms with Gasteiger partial charge in [-0.05, 0) is 42.3 Å². The summed E-state index contributed by atoms with van der Waals surface area (Å²) in [5, 5.41) is 11.8. The first-order valence-corrected chi connectivity index (χ1v) is 8.38. The van der Waals surface area contributed by atoms with Crippen molar-refractivity contribution in [2.75, 3.05) is 5.32 Å². The van der Waals surface area contributed by atoms with Crippen LogP contribution in [-0.4, -0.2) is 19.1 Å². The average Bonchev–Trinajstić information content (AvgIpc) is 2.67. The molecule has 0 bridgehead atoms. The lowest BCUT2D eigenvalue weighted by Crippen LogP contribution is -2.13. The third-order valence-corrected chi connectivity index (χ3v) is 3.71. The van der Waals surface area contributed by atoms with Crippen LogP contribution >= 0.6 is 0 Å². The molecule has 0 aromatic heterocycles. The van der Waals surface area contributed by atoms with Crippen LogP contribution in [0, 0.1) is 11.3 Å². The van der Waals surface area contributed by atoms with Crippen LogP contribution in [0.25, 0.3) is 6.08 Å². The van der Waals surface area contributed by atoms with E-state index in [-0.39, 0.29) is 5.56 Å². The largest absolute Gasteiger partial charge is 0.435 e. The van der Waals surface area contributed by atoms with Crippen molar-refractivity contribution >= 4 is 17.7 Å². The van der Waals surface area contributed by atoms with Crippen molar-refractivity contribution in [3.8, 4) is 17.6 Å². The van der Waals surface area contributed by atoms with Gasteiger partial charge in [-0.15, -0.1) is 0 Å². The van der Waals surface area contributed by atoms with E-state index in [1.54, 1.807) is 18.2 Å². The number of aryl methyl sites for hydroxylation is 1. The zero-order chi connectivity index (χ0) is 21.4. The van der Waals surface area contributed by atoms with Gasteiger partial charge in [0, 0.05) is 17.3 Å². The Labute approximate surface area is 164 Å². The van der Waals surface area contributed by atoms with Crippen LogP contribution in [0.3, 0.4) is 0 Å². The van der Waals surface area contributed by atoms with E-state index in [0.717, 1.165) is 36.3 Å². The van der Waals surface area contributed by atoms with Crippen molar-refractivity contribution < 1.29 is 31.8 Å². The maximum atomic E-state index is 12.6. The second-order valence-corrected chi connectivity index (χ2v) is 5.63. The molecule has 0 spiro atoms. The number of carbonyl (C=O) groups excluding carboxylic acids is 1. The number of alkyl halides is 4. The van der Waals surface area contributed by atoms with Gasteiger partial charge in [0.1, 0.15) is 23.1 Å². The number of nitriles is 1. The van der Waals surface area contributed by atoms with E-state index in [4.69, 9.17) is 0 Å². The number of nitrogens with one attached hydrogen (secondary N) is 1. The zero-order valence-electron chi connectivity index (χ0n) is 15.2. The van der Waals surface area contributed by atoms with Crippen LogP contribution in [0.15, 0.2) is 48.0 Å². The average molecular weight is 408 g/mol. The Morgan fingerprint density at radius 2 is 1.76 bits per heavy atom. The number of nitrogens with zero attached hydrogens (tertiary/aromatic N) is 1. The van der Waals surface area contributed by atoms with Crippen LogP contribution in [0.5, 0.6) is 11.5 Å². The van der Waals surface area contributed by atoms with E-state index < -0.39 is 36.2 Å². The molecule has 29 heavy (non-hydrogen) atoms. The molecule has 0 saturated carbocycles. The topological polar surface area (TPSA) is 71.4 Å². The highest BCUT2D eigenvalue weighted by molar-refractivity contribution is 6.09. The first-order valence-electron chi connectivity index (χ1n) is 8.38. The van der Waals surface area contributed by atoms with E-state index in [1.807, 2.05) is 19.1 Å². The van der Waals surface area contributed by atoms with Gasteiger partial charge < -0.3 is 14.8 Å². The minimum absolute atomic E-state index is 0.0834. The van der Waals surface area contributed by atoms with Gasteiger partial charge in [-0.25, -0.2) is 0 Å². The molecule has 0 unspecified atom stereocenters. The van der Waals surface area contributed by atoms with Gasteiger partial charge in [-0.2, -0.15) is 22.8 Å². The van der Waals surface area contributed by atoms with Crippen molar-refractivity contribution in [2.24, 2.45) is 0 Å². The fraction of sp³-hybridized carbons (Fsp3) is 0.200. The van der Waals surface area contributed by atoms with E-state index in [9.17, 15) is 27.6 Å². The number of benzene rings is 2. The molecule has 5 nitrogen and oxygen atoms in total. The highest BCUT2D eigenvalue weighted by Crippen LogP contribution is 2.29. The summed E-state index contributed by atoms with van der Waals surface area (Å²) in [6.07, 6.45) is 1.83. The van der Waals surface area contributed by atoms with Gasteiger partial charge in [0.25, 0.3) is 5.91 Å². The van der Waals surface area contributed by atoms with Crippen molar-refractivity contribution in [2.45, 2.75) is 26.6 Å². The molecule has 0 heterocycles. The van der Waals surface area contributed by atoms with Crippen LogP contribution in [0.4, 0.5) is 23.2 Å². The van der Waals surface area contributed by atoms with E-state index >= 15 is 0 Å². The van der Waals surface area contributed by atoms with Crippen LogP contribution in [0.2, 0.25) is 0 Å². The third-order valence-electron chi connectivity index (χ3n) is 3.71. The number of amides is 1. The maximum absolute atomic E-state index is 12.6. The fourth-order valence-electron chi connectivity index (χ4n) is 2.33. The van der Waals surface area contributed by atoms with Gasteiger partial charge in [0.05, 0.1) is 0 Å². The molecule has 1 amide bonds. The number of carbonyl (C=O) groups is 1. The monoisotopic (exact) mass is 408 g/mol. The zero-order valence-corrected chi connectivity index (χ0v) is 15.2. The normalized spacial score (nSPS) is 11.3. The molecule has 2 aromatic rings. The molecule has 0 saturated heterocycles. The minimum atomic E-state index is -3.25. The van der Waals surface area contributed by atoms with E-state index in [1.165, 1.54) is 0 Å². The Balaban J connectivity index is 2.29. The summed E-state index contributed by atoms with van der Waals surface area (Å²) in [5.74, 6) is -1.70. The summed E-state index contributed by atoms with van der Waals surface area (Å²) in [5.41, 5.74) is 1.02. The third kappa shape index (κ3) is 6.53. The summed E-state index contributed by atoms with van der Waals surface area (Å²) in [6, 6.07) is 11.6. The maximum Gasteiger partial charge on any atom is 0.387 e. The molecule has 1 N–H and O–H groups in total. The summed E-state index contributed by atoms with van der Waals surface area (Å²) >= 11 is 0. The second kappa shape index (κ2) is 10.1. The summed E-state index contributed by atoms with van der Waals surface area (Å²) in [4.78, 5) is 12.3. The van der Waals surface area contributed by atoms with Crippen LogP contribution < -0.4 is 14.8 Å². The minimum Gasteiger partial charge on any atom is -0.435 e. The number of rotatable bonds is 8. The second-order valence-electron chi connectivity index (χ2n) is 5.63. The molecule has 0 radical (unpaired) electrons. The quantitative estimate of drug-likeness (QED) is 0.379. The van der Waals surface area contributed by atoms with Gasteiger partial charge in [0.15, 0.2) is 0 Å². The van der Waals surface area contributed by atoms with Crippen molar-refractivity contribution in [3.63, 3.8) is 0 Å². The SMILES string of the molecule is CCc1ccc(NC(=O)/C(C#N)=C/c2ccc(OC(F)F)cc2OC(F)F)cc1. The Bertz CT molecular complexity index is 922. The molecule has 9 heteroatoms. The molecular formula is C20H16F4N2O3. The number of halogens is 4. The van der Waals surface area contributed by atoms with Crippen LogP contribution in [-0.2, 0) is 11.2 Å². The van der Waals surface area contributed by atoms with Gasteiger partial charge in [-0.3, -0.25) is 4.79 Å². The van der Waals surface area contributed by atoms with Crippen molar-refractivity contribution in [1.82, 2.24) is 0 Å². The van der Waals surface area contributed by atoms with Crippen molar-refractivity contribution in [1.29, 1.82) is 5.26 Å². The molecule has 0 aliphatic heterocycles. The number of ether oxygens (including phenoxy) is 2. The number of hydrogen-bond acceptors (Lipinski definition) is 4. The molecule has 2 aromatic carbocycles. The molecule has 0 fully saturated rings. The number of hydrogen-bond donors (Lipinski definition) is 1. The molecule has 2 rings (SSSR count). The first kappa shape index (κ1) is 21.8.